The second-order valence-corrected chi connectivity index (χ2v) is 7.23. The van der Waals surface area contributed by atoms with Crippen LogP contribution in [0.25, 0.3) is 11.2 Å². The van der Waals surface area contributed by atoms with Crippen molar-refractivity contribution in [3.8, 4) is 0 Å². The van der Waals surface area contributed by atoms with Gasteiger partial charge in [-0.2, -0.15) is 11.8 Å². The van der Waals surface area contributed by atoms with Gasteiger partial charge in [-0.3, -0.25) is 0 Å². The van der Waals surface area contributed by atoms with Crippen molar-refractivity contribution in [1.29, 1.82) is 0 Å². The van der Waals surface area contributed by atoms with E-state index in [0.717, 1.165) is 42.8 Å². The van der Waals surface area contributed by atoms with Gasteiger partial charge in [0, 0.05) is 29.8 Å². The lowest BCUT2D eigenvalue weighted by molar-refractivity contribution is 0.463. The number of hydrogen-bond donors (Lipinski definition) is 0. The summed E-state index contributed by atoms with van der Waals surface area (Å²) in [5.41, 5.74) is 1.75. The second-order valence-electron chi connectivity index (χ2n) is 5.14. The highest BCUT2D eigenvalue weighted by atomic mass is 35.5. The highest BCUT2D eigenvalue weighted by Crippen LogP contribution is 2.34. The van der Waals surface area contributed by atoms with E-state index in [1.54, 1.807) is 6.20 Å². The number of fused-ring (bicyclic) bond motifs is 1. The van der Waals surface area contributed by atoms with Crippen molar-refractivity contribution in [1.82, 2.24) is 14.5 Å². The molecule has 0 aromatic carbocycles. The van der Waals surface area contributed by atoms with Crippen LogP contribution in [0.1, 0.15) is 32.5 Å². The Labute approximate surface area is 140 Å². The first-order valence-electron chi connectivity index (χ1n) is 7.21. The molecule has 0 bridgehead atoms. The van der Waals surface area contributed by atoms with Crippen LogP contribution in [0.3, 0.4) is 0 Å². The fraction of sp³-hybridized carbons (Fsp3) is 0.600. The molecule has 0 unspecified atom stereocenters. The number of imidazole rings is 1. The molecular weight excluding hydrogens is 325 g/mol. The molecule has 2 rings (SSSR count). The molecule has 0 aliphatic heterocycles. The van der Waals surface area contributed by atoms with Crippen LogP contribution < -0.4 is 0 Å². The smallest absolute Gasteiger partial charge is 0.160 e. The molecule has 0 saturated carbocycles. The highest BCUT2D eigenvalue weighted by Gasteiger charge is 2.28. The third kappa shape index (κ3) is 3.49. The number of thioether (sulfide) groups is 1. The molecule has 0 fully saturated rings. The molecule has 0 aliphatic rings. The van der Waals surface area contributed by atoms with Crippen molar-refractivity contribution in [2.45, 2.75) is 44.4 Å². The van der Waals surface area contributed by atoms with Crippen LogP contribution in [0, 0.1) is 0 Å². The van der Waals surface area contributed by atoms with E-state index in [1.165, 1.54) is 0 Å². The minimum Gasteiger partial charge on any atom is -0.311 e. The van der Waals surface area contributed by atoms with Gasteiger partial charge in [0.15, 0.2) is 5.65 Å². The third-order valence-electron chi connectivity index (χ3n) is 4.12. The number of hydrogen-bond acceptors (Lipinski definition) is 3. The van der Waals surface area contributed by atoms with Crippen molar-refractivity contribution in [3.05, 3.63) is 23.1 Å². The molecule has 21 heavy (non-hydrogen) atoms. The van der Waals surface area contributed by atoms with E-state index in [1.807, 2.05) is 17.8 Å². The summed E-state index contributed by atoms with van der Waals surface area (Å²) >= 11 is 13.9. The Kier molecular flexibility index (Phi) is 5.81. The number of halogens is 2. The summed E-state index contributed by atoms with van der Waals surface area (Å²) in [7, 11) is 0. The zero-order valence-electron chi connectivity index (χ0n) is 12.7. The van der Waals surface area contributed by atoms with Crippen LogP contribution in [0.15, 0.2) is 12.3 Å². The highest BCUT2D eigenvalue weighted by molar-refractivity contribution is 8.00. The minimum atomic E-state index is 0.204. The molecule has 0 aliphatic carbocycles. The lowest BCUT2D eigenvalue weighted by Gasteiger charge is -2.30. The Morgan fingerprint density at radius 1 is 1.33 bits per heavy atom. The zero-order valence-corrected chi connectivity index (χ0v) is 15.0. The Balaban J connectivity index is 2.52. The number of aromatic nitrogens is 3. The van der Waals surface area contributed by atoms with Crippen molar-refractivity contribution < 1.29 is 0 Å². The fourth-order valence-corrected chi connectivity index (χ4v) is 3.75. The van der Waals surface area contributed by atoms with Crippen LogP contribution in [0.4, 0.5) is 0 Å². The number of nitrogens with zero attached hydrogens (tertiary/aromatic N) is 3. The Morgan fingerprint density at radius 3 is 2.62 bits per heavy atom. The van der Waals surface area contributed by atoms with E-state index in [-0.39, 0.29) is 4.75 Å². The van der Waals surface area contributed by atoms with Gasteiger partial charge in [-0.05, 0) is 25.2 Å². The van der Waals surface area contributed by atoms with Gasteiger partial charge in [-0.1, -0.05) is 25.4 Å². The van der Waals surface area contributed by atoms with Crippen LogP contribution in [0.5, 0.6) is 0 Å². The topological polar surface area (TPSA) is 30.7 Å². The Bertz CT molecular complexity index is 600. The number of pyridine rings is 1. The molecule has 6 heteroatoms. The first-order valence-corrected chi connectivity index (χ1v) is 9.34. The number of aryl methyl sites for hydroxylation is 1. The lowest BCUT2D eigenvalue weighted by Crippen LogP contribution is -2.30. The van der Waals surface area contributed by atoms with E-state index in [9.17, 15) is 0 Å². The van der Waals surface area contributed by atoms with Gasteiger partial charge in [0.2, 0.25) is 0 Å². The minimum absolute atomic E-state index is 0.204. The summed E-state index contributed by atoms with van der Waals surface area (Å²) in [6, 6.07) is 1.87. The van der Waals surface area contributed by atoms with Crippen LogP contribution in [-0.2, 0) is 13.0 Å². The van der Waals surface area contributed by atoms with Crippen molar-refractivity contribution in [3.63, 3.8) is 0 Å². The zero-order chi connectivity index (χ0) is 15.5. The summed E-state index contributed by atoms with van der Waals surface area (Å²) in [6.45, 7) is 5.38. The number of alkyl halides is 1. The average Bonchev–Trinajstić information content (AvgIpc) is 2.82. The van der Waals surface area contributed by atoms with E-state index >= 15 is 0 Å². The van der Waals surface area contributed by atoms with Gasteiger partial charge in [0.05, 0.1) is 5.02 Å². The van der Waals surface area contributed by atoms with E-state index in [4.69, 9.17) is 23.2 Å². The van der Waals surface area contributed by atoms with Gasteiger partial charge >= 0.3 is 0 Å². The molecule has 2 aromatic heterocycles. The first-order chi connectivity index (χ1) is 10.1. The van der Waals surface area contributed by atoms with Gasteiger partial charge in [0.1, 0.15) is 11.3 Å². The predicted molar refractivity (Wildman–Crippen MR) is 93.8 cm³/mol. The molecule has 116 valence electrons. The van der Waals surface area contributed by atoms with Crippen molar-refractivity contribution in [2.24, 2.45) is 0 Å². The maximum Gasteiger partial charge on any atom is 0.160 e. The summed E-state index contributed by atoms with van der Waals surface area (Å²) in [5.74, 6) is 1.55. The van der Waals surface area contributed by atoms with Crippen LogP contribution in [0.2, 0.25) is 5.02 Å². The second kappa shape index (κ2) is 7.21. The first kappa shape index (κ1) is 16.9. The molecule has 0 spiro atoms. The molecule has 0 radical (unpaired) electrons. The largest absolute Gasteiger partial charge is 0.311 e. The van der Waals surface area contributed by atoms with E-state index < -0.39 is 0 Å². The molecule has 0 N–H and O–H groups in total. The molecule has 0 atom stereocenters. The Hall–Kier alpha value is -0.450. The fourth-order valence-electron chi connectivity index (χ4n) is 2.59. The summed E-state index contributed by atoms with van der Waals surface area (Å²) in [6.07, 6.45) is 6.83. The molecule has 3 nitrogen and oxygen atoms in total. The molecule has 0 amide bonds. The van der Waals surface area contributed by atoms with Crippen LogP contribution in [-0.4, -0.2) is 31.4 Å². The molecule has 2 heterocycles. The molecule has 2 aromatic rings. The monoisotopic (exact) mass is 345 g/mol. The van der Waals surface area contributed by atoms with Gasteiger partial charge in [-0.25, -0.2) is 9.97 Å². The van der Waals surface area contributed by atoms with Crippen molar-refractivity contribution in [2.75, 3.05) is 12.1 Å². The quantitative estimate of drug-likeness (QED) is 0.676. The normalized spacial score (nSPS) is 12.2. The van der Waals surface area contributed by atoms with E-state index in [2.05, 4.69) is 34.6 Å². The maximum atomic E-state index is 6.03. The molecule has 0 saturated heterocycles. The van der Waals surface area contributed by atoms with Gasteiger partial charge < -0.3 is 4.57 Å². The summed E-state index contributed by atoms with van der Waals surface area (Å²) in [4.78, 5) is 9.16. The third-order valence-corrected chi connectivity index (χ3v) is 6.08. The van der Waals surface area contributed by atoms with Gasteiger partial charge in [0.25, 0.3) is 0 Å². The van der Waals surface area contributed by atoms with Gasteiger partial charge in [-0.15, -0.1) is 11.6 Å². The lowest BCUT2D eigenvalue weighted by atomic mass is 10.0. The van der Waals surface area contributed by atoms with Crippen LogP contribution >= 0.6 is 35.0 Å². The standard InChI is InChI=1S/C15H21Cl2N3S/c1-4-15(5-2,21-3)10-20-13(6-7-16)19-12-8-11(17)9-18-14(12)20/h8-9H,4-7,10H2,1-3H3. The predicted octanol–water partition coefficient (Wildman–Crippen LogP) is 4.79. The van der Waals surface area contributed by atoms with E-state index in [0.29, 0.717) is 10.9 Å². The van der Waals surface area contributed by atoms with Crippen molar-refractivity contribution >= 4 is 46.1 Å². The number of rotatable bonds is 7. The average molecular weight is 346 g/mol. The maximum absolute atomic E-state index is 6.03. The summed E-state index contributed by atoms with van der Waals surface area (Å²) < 4.78 is 2.42. The molecular formula is C15H21Cl2N3S. The summed E-state index contributed by atoms with van der Waals surface area (Å²) in [5, 5.41) is 0.617. The SMILES string of the molecule is CCC(CC)(Cn1c(CCCl)nc2cc(Cl)cnc21)SC. The Morgan fingerprint density at radius 2 is 2.05 bits per heavy atom.